The second kappa shape index (κ2) is 2.29. The zero-order valence-electron chi connectivity index (χ0n) is 5.30. The topological polar surface area (TPSA) is 17.1 Å². The summed E-state index contributed by atoms with van der Waals surface area (Å²) in [7, 11) is 0. The third-order valence-corrected chi connectivity index (χ3v) is 1.56. The first-order chi connectivity index (χ1) is 4.22. The molecule has 0 spiro atoms. The van der Waals surface area contributed by atoms with Crippen LogP contribution in [-0.4, -0.2) is 12.0 Å². The maximum atomic E-state index is 12.6. The lowest BCUT2D eigenvalue weighted by molar-refractivity contribution is -0.121. The summed E-state index contributed by atoms with van der Waals surface area (Å²) >= 11 is 0. The van der Waals surface area contributed by atoms with Crippen LogP contribution in [0.4, 0.5) is 4.39 Å². The molecule has 0 radical (unpaired) electrons. The van der Waals surface area contributed by atoms with Crippen LogP contribution in [0.2, 0.25) is 0 Å². The van der Waals surface area contributed by atoms with E-state index in [0.29, 0.717) is 6.42 Å². The molecule has 1 rings (SSSR count). The molecule has 0 saturated carbocycles. The van der Waals surface area contributed by atoms with Crippen LogP contribution < -0.4 is 0 Å². The van der Waals surface area contributed by atoms with Gasteiger partial charge in [-0.1, -0.05) is 13.0 Å². The number of carbonyl (C=O) groups excluding carboxylic acids is 1. The minimum Gasteiger partial charge on any atom is -0.292 e. The van der Waals surface area contributed by atoms with E-state index in [2.05, 4.69) is 0 Å². The average Bonchev–Trinajstić information content (AvgIpc) is 1.83. The van der Waals surface area contributed by atoms with Crippen molar-refractivity contribution in [2.75, 3.05) is 0 Å². The summed E-state index contributed by atoms with van der Waals surface area (Å²) in [5, 5.41) is 0. The molecule has 0 saturated heterocycles. The van der Waals surface area contributed by atoms with Gasteiger partial charge in [0.1, 0.15) is 0 Å². The Hall–Kier alpha value is -0.660. The lowest BCUT2D eigenvalue weighted by atomic mass is 9.94. The van der Waals surface area contributed by atoms with E-state index in [0.717, 1.165) is 0 Å². The molecule has 0 N–H and O–H groups in total. The molecule has 0 aromatic heterocycles. The fourth-order valence-electron chi connectivity index (χ4n) is 0.891. The molecule has 9 heavy (non-hydrogen) atoms. The summed E-state index contributed by atoms with van der Waals surface area (Å²) in [6.07, 6.45) is 2.48. The maximum Gasteiger partial charge on any atom is 0.189 e. The van der Waals surface area contributed by atoms with Crippen LogP contribution in [-0.2, 0) is 4.79 Å². The van der Waals surface area contributed by atoms with Crippen molar-refractivity contribution in [1.29, 1.82) is 0 Å². The van der Waals surface area contributed by atoms with Crippen molar-refractivity contribution in [2.24, 2.45) is 5.92 Å². The Kier molecular flexibility index (Phi) is 1.65. The first-order valence-electron chi connectivity index (χ1n) is 3.06. The summed E-state index contributed by atoms with van der Waals surface area (Å²) in [6, 6.07) is 0. The Morgan fingerprint density at radius 3 is 2.89 bits per heavy atom. The predicted octanol–water partition coefficient (Wildman–Crippen LogP) is 1.49. The minimum atomic E-state index is -1.25. The number of rotatable bonds is 0. The average molecular weight is 128 g/mol. The van der Waals surface area contributed by atoms with Crippen LogP contribution in [0.3, 0.4) is 0 Å². The number of hydrogen-bond donors (Lipinski definition) is 0. The van der Waals surface area contributed by atoms with Crippen LogP contribution in [0.15, 0.2) is 12.2 Å². The Labute approximate surface area is 53.6 Å². The van der Waals surface area contributed by atoms with E-state index in [1.165, 1.54) is 6.08 Å². The highest BCUT2D eigenvalue weighted by molar-refractivity contribution is 5.94. The molecule has 0 fully saturated rings. The van der Waals surface area contributed by atoms with E-state index in [9.17, 15) is 9.18 Å². The summed E-state index contributed by atoms with van der Waals surface area (Å²) < 4.78 is 12.6. The number of hydrogen-bond acceptors (Lipinski definition) is 1. The van der Waals surface area contributed by atoms with E-state index in [1.807, 2.05) is 0 Å². The summed E-state index contributed by atoms with van der Waals surface area (Å²) in [4.78, 5) is 10.5. The van der Waals surface area contributed by atoms with Crippen molar-refractivity contribution < 1.29 is 9.18 Å². The quantitative estimate of drug-likeness (QED) is 0.483. The Morgan fingerprint density at radius 1 is 1.78 bits per heavy atom. The minimum absolute atomic E-state index is 0.123. The van der Waals surface area contributed by atoms with E-state index < -0.39 is 6.17 Å². The molecule has 0 heterocycles. The smallest absolute Gasteiger partial charge is 0.189 e. The molecule has 0 aromatic carbocycles. The highest BCUT2D eigenvalue weighted by Crippen LogP contribution is 2.18. The number of allylic oxidation sites excluding steroid dienone is 2. The number of carbonyl (C=O) groups is 1. The first kappa shape index (κ1) is 6.46. The summed E-state index contributed by atoms with van der Waals surface area (Å²) in [6.45, 7) is 1.74. The second-order valence-electron chi connectivity index (χ2n) is 2.42. The molecular formula is C7H9FO. The van der Waals surface area contributed by atoms with Crippen LogP contribution in [0.25, 0.3) is 0 Å². The van der Waals surface area contributed by atoms with Crippen LogP contribution in [0, 0.1) is 5.92 Å². The van der Waals surface area contributed by atoms with Gasteiger partial charge in [-0.3, -0.25) is 4.79 Å². The van der Waals surface area contributed by atoms with Crippen molar-refractivity contribution in [1.82, 2.24) is 0 Å². The van der Waals surface area contributed by atoms with Gasteiger partial charge in [-0.2, -0.15) is 0 Å². The van der Waals surface area contributed by atoms with Gasteiger partial charge in [0.15, 0.2) is 12.0 Å². The molecule has 0 aromatic rings. The molecule has 1 aliphatic carbocycles. The highest BCUT2D eigenvalue weighted by atomic mass is 19.1. The fourth-order valence-corrected chi connectivity index (χ4v) is 0.891. The Bertz CT molecular complexity index is 151. The van der Waals surface area contributed by atoms with Crippen LogP contribution in [0.1, 0.15) is 13.3 Å². The SMILES string of the molecule is CC1CC=CC(=O)C1F. The monoisotopic (exact) mass is 128 g/mol. The molecule has 0 amide bonds. The van der Waals surface area contributed by atoms with E-state index >= 15 is 0 Å². The molecule has 2 atom stereocenters. The molecule has 0 bridgehead atoms. The third-order valence-electron chi connectivity index (χ3n) is 1.56. The first-order valence-corrected chi connectivity index (χ1v) is 3.06. The predicted molar refractivity (Wildman–Crippen MR) is 32.8 cm³/mol. The summed E-state index contributed by atoms with van der Waals surface area (Å²) in [5.41, 5.74) is 0. The van der Waals surface area contributed by atoms with Crippen molar-refractivity contribution in [3.8, 4) is 0 Å². The van der Waals surface area contributed by atoms with Crippen LogP contribution >= 0.6 is 0 Å². The highest BCUT2D eigenvalue weighted by Gasteiger charge is 2.24. The van der Waals surface area contributed by atoms with E-state index in [4.69, 9.17) is 0 Å². The van der Waals surface area contributed by atoms with Crippen molar-refractivity contribution >= 4 is 5.78 Å². The van der Waals surface area contributed by atoms with Gasteiger partial charge in [-0.25, -0.2) is 4.39 Å². The molecular weight excluding hydrogens is 119 g/mol. The van der Waals surface area contributed by atoms with Gasteiger partial charge in [0.25, 0.3) is 0 Å². The maximum absolute atomic E-state index is 12.6. The fraction of sp³-hybridized carbons (Fsp3) is 0.571. The van der Waals surface area contributed by atoms with Gasteiger partial charge < -0.3 is 0 Å². The summed E-state index contributed by atoms with van der Waals surface area (Å²) in [5.74, 6) is -0.503. The second-order valence-corrected chi connectivity index (χ2v) is 2.42. The molecule has 1 aliphatic rings. The number of ketones is 1. The van der Waals surface area contributed by atoms with Gasteiger partial charge in [-0.05, 0) is 18.4 Å². The van der Waals surface area contributed by atoms with Gasteiger partial charge in [-0.15, -0.1) is 0 Å². The normalized spacial score (nSPS) is 35.1. The zero-order chi connectivity index (χ0) is 6.85. The number of alkyl halides is 1. The lowest BCUT2D eigenvalue weighted by Crippen LogP contribution is -2.24. The third kappa shape index (κ3) is 1.18. The van der Waals surface area contributed by atoms with Gasteiger partial charge in [0.05, 0.1) is 0 Å². The zero-order valence-corrected chi connectivity index (χ0v) is 5.30. The molecule has 50 valence electrons. The van der Waals surface area contributed by atoms with Gasteiger partial charge in [0, 0.05) is 0 Å². The molecule has 1 nitrogen and oxygen atoms in total. The standard InChI is InChI=1S/C7H9FO/c1-5-3-2-4-6(9)7(5)8/h2,4-5,7H,3H2,1H3. The van der Waals surface area contributed by atoms with E-state index in [1.54, 1.807) is 13.0 Å². The number of halogens is 1. The lowest BCUT2D eigenvalue weighted by Gasteiger charge is -2.15. The largest absolute Gasteiger partial charge is 0.292 e. The Balaban J connectivity index is 2.69. The van der Waals surface area contributed by atoms with Crippen LogP contribution in [0.5, 0.6) is 0 Å². The molecule has 0 aliphatic heterocycles. The Morgan fingerprint density at radius 2 is 2.44 bits per heavy atom. The molecule has 2 heteroatoms. The van der Waals surface area contributed by atoms with Gasteiger partial charge in [0.2, 0.25) is 0 Å². The van der Waals surface area contributed by atoms with Gasteiger partial charge >= 0.3 is 0 Å². The van der Waals surface area contributed by atoms with Crippen molar-refractivity contribution in [2.45, 2.75) is 19.5 Å². The van der Waals surface area contributed by atoms with Crippen molar-refractivity contribution in [3.63, 3.8) is 0 Å². The van der Waals surface area contributed by atoms with E-state index in [-0.39, 0.29) is 11.7 Å². The molecule has 2 unspecified atom stereocenters. The van der Waals surface area contributed by atoms with Crippen molar-refractivity contribution in [3.05, 3.63) is 12.2 Å².